The Balaban J connectivity index is 2.79. The van der Waals surface area contributed by atoms with Crippen LogP contribution in [0.1, 0.15) is 18.4 Å². The van der Waals surface area contributed by atoms with Crippen LogP contribution in [-0.2, 0) is 4.79 Å². The first-order chi connectivity index (χ1) is 6.25. The van der Waals surface area contributed by atoms with Crippen LogP contribution in [0.5, 0.6) is 0 Å². The number of nitrogens with zero attached hydrogens (tertiary/aromatic N) is 1. The summed E-state index contributed by atoms with van der Waals surface area (Å²) in [7, 11) is 0. The third-order valence-corrected chi connectivity index (χ3v) is 1.93. The van der Waals surface area contributed by atoms with Crippen molar-refractivity contribution in [1.82, 2.24) is 0 Å². The summed E-state index contributed by atoms with van der Waals surface area (Å²) < 4.78 is 0. The first-order valence-corrected chi connectivity index (χ1v) is 4.07. The van der Waals surface area contributed by atoms with Gasteiger partial charge in [-0.25, -0.2) is 0 Å². The number of nitrogens with two attached hydrogens (primary N) is 1. The molecule has 0 spiro atoms. The van der Waals surface area contributed by atoms with Crippen LogP contribution in [-0.4, -0.2) is 12.0 Å². The molecule has 13 heavy (non-hydrogen) atoms. The minimum absolute atomic E-state index is 0.0753. The summed E-state index contributed by atoms with van der Waals surface area (Å²) in [6.45, 7) is 1.83. The maximum absolute atomic E-state index is 11.3. The number of carbonyl (C=O) groups is 1. The average molecular weight is 176 g/mol. The lowest BCUT2D eigenvalue weighted by Gasteiger charge is -2.06. The highest BCUT2D eigenvalue weighted by molar-refractivity contribution is 6.29. The zero-order valence-electron chi connectivity index (χ0n) is 7.47. The van der Waals surface area contributed by atoms with Crippen molar-refractivity contribution in [2.75, 3.05) is 0 Å². The van der Waals surface area contributed by atoms with Gasteiger partial charge in [0, 0.05) is 5.92 Å². The minimum Gasteiger partial charge on any atom is -0.323 e. The molecule has 0 amide bonds. The topological polar surface area (TPSA) is 55.5 Å². The molecule has 1 aromatic carbocycles. The van der Waals surface area contributed by atoms with Crippen molar-refractivity contribution in [3.63, 3.8) is 0 Å². The van der Waals surface area contributed by atoms with Gasteiger partial charge < -0.3 is 5.84 Å². The third kappa shape index (κ3) is 2.40. The Kier molecular flexibility index (Phi) is 3.20. The van der Waals surface area contributed by atoms with Crippen molar-refractivity contribution < 1.29 is 4.79 Å². The van der Waals surface area contributed by atoms with E-state index < -0.39 is 0 Å². The van der Waals surface area contributed by atoms with E-state index >= 15 is 0 Å². The fraction of sp³-hybridized carbons (Fsp3) is 0.200. The quantitative estimate of drug-likeness (QED) is 0.429. The Morgan fingerprint density at radius 1 is 1.46 bits per heavy atom. The summed E-state index contributed by atoms with van der Waals surface area (Å²) in [5.41, 5.74) is 0.979. The molecule has 2 N–H and O–H groups in total. The van der Waals surface area contributed by atoms with Crippen LogP contribution in [0.2, 0.25) is 0 Å². The molecule has 1 unspecified atom stereocenters. The molecule has 0 saturated heterocycles. The van der Waals surface area contributed by atoms with Gasteiger partial charge in [0.1, 0.15) is 0 Å². The second kappa shape index (κ2) is 4.40. The van der Waals surface area contributed by atoms with Gasteiger partial charge in [-0.2, -0.15) is 5.10 Å². The molecule has 0 aromatic heterocycles. The fourth-order valence-corrected chi connectivity index (χ4v) is 1.09. The summed E-state index contributed by atoms with van der Waals surface area (Å²) in [5, 5.41) is 3.21. The number of hydrogen-bond donors (Lipinski definition) is 1. The molecule has 0 heterocycles. The summed E-state index contributed by atoms with van der Waals surface area (Å²) in [6.07, 6.45) is 1.15. The zero-order valence-corrected chi connectivity index (χ0v) is 7.47. The van der Waals surface area contributed by atoms with Gasteiger partial charge in [-0.15, -0.1) is 0 Å². The minimum atomic E-state index is -0.173. The van der Waals surface area contributed by atoms with Crippen molar-refractivity contribution >= 4 is 12.0 Å². The van der Waals surface area contributed by atoms with Crippen LogP contribution in [0.25, 0.3) is 0 Å². The van der Waals surface area contributed by atoms with Crippen LogP contribution in [0, 0.1) is 0 Å². The average Bonchev–Trinajstić information content (AvgIpc) is 2.18. The maximum atomic E-state index is 11.3. The Morgan fingerprint density at radius 3 is 2.62 bits per heavy atom. The molecule has 0 aliphatic rings. The summed E-state index contributed by atoms with van der Waals surface area (Å²) in [6, 6.07) is 9.54. The zero-order chi connectivity index (χ0) is 9.68. The van der Waals surface area contributed by atoms with Gasteiger partial charge in [0.05, 0.1) is 6.21 Å². The number of benzene rings is 1. The highest BCUT2D eigenvalue weighted by atomic mass is 16.1. The molecular formula is C10H12N2O. The number of ketones is 1. The van der Waals surface area contributed by atoms with Gasteiger partial charge >= 0.3 is 0 Å². The van der Waals surface area contributed by atoms with Gasteiger partial charge in [-0.05, 0) is 5.56 Å². The lowest BCUT2D eigenvalue weighted by Crippen LogP contribution is -2.10. The Hall–Kier alpha value is -1.64. The smallest absolute Gasteiger partial charge is 0.182 e. The molecule has 3 nitrogen and oxygen atoms in total. The second-order valence-electron chi connectivity index (χ2n) is 2.81. The fourth-order valence-electron chi connectivity index (χ4n) is 1.09. The summed E-state index contributed by atoms with van der Waals surface area (Å²) in [4.78, 5) is 11.3. The van der Waals surface area contributed by atoms with Gasteiger partial charge in [-0.1, -0.05) is 37.3 Å². The molecule has 3 heteroatoms. The van der Waals surface area contributed by atoms with E-state index in [4.69, 9.17) is 5.84 Å². The SMILES string of the molecule is CC(C(=O)C=NN)c1ccccc1. The number of hydrogen-bond acceptors (Lipinski definition) is 3. The first-order valence-electron chi connectivity index (χ1n) is 4.07. The molecule has 0 bridgehead atoms. The largest absolute Gasteiger partial charge is 0.323 e. The van der Waals surface area contributed by atoms with Crippen LogP contribution in [0.15, 0.2) is 35.4 Å². The third-order valence-electron chi connectivity index (χ3n) is 1.93. The van der Waals surface area contributed by atoms with Crippen molar-refractivity contribution in [2.24, 2.45) is 10.9 Å². The highest BCUT2D eigenvalue weighted by Crippen LogP contribution is 2.14. The summed E-state index contributed by atoms with van der Waals surface area (Å²) in [5.74, 6) is 4.65. The lowest BCUT2D eigenvalue weighted by molar-refractivity contribution is -0.113. The van der Waals surface area contributed by atoms with E-state index in [1.807, 2.05) is 37.3 Å². The van der Waals surface area contributed by atoms with Crippen LogP contribution in [0.4, 0.5) is 0 Å². The normalized spacial score (nSPS) is 13.0. The van der Waals surface area contributed by atoms with Gasteiger partial charge in [0.2, 0.25) is 0 Å². The van der Waals surface area contributed by atoms with Crippen LogP contribution >= 0.6 is 0 Å². The Morgan fingerprint density at radius 2 is 2.08 bits per heavy atom. The monoisotopic (exact) mass is 176 g/mol. The van der Waals surface area contributed by atoms with E-state index in [0.29, 0.717) is 0 Å². The van der Waals surface area contributed by atoms with Gasteiger partial charge in [0.25, 0.3) is 0 Å². The maximum Gasteiger partial charge on any atom is 0.182 e. The Labute approximate surface area is 77.3 Å². The highest BCUT2D eigenvalue weighted by Gasteiger charge is 2.11. The van der Waals surface area contributed by atoms with Crippen molar-refractivity contribution in [1.29, 1.82) is 0 Å². The predicted octanol–water partition coefficient (Wildman–Crippen LogP) is 1.30. The molecule has 0 aliphatic carbocycles. The van der Waals surface area contributed by atoms with E-state index in [9.17, 15) is 4.79 Å². The van der Waals surface area contributed by atoms with Crippen molar-refractivity contribution in [3.8, 4) is 0 Å². The van der Waals surface area contributed by atoms with Crippen molar-refractivity contribution in [3.05, 3.63) is 35.9 Å². The standard InChI is InChI=1S/C10H12N2O/c1-8(10(13)7-12-11)9-5-3-2-4-6-9/h2-8H,11H2,1H3. The lowest BCUT2D eigenvalue weighted by atomic mass is 9.97. The molecular weight excluding hydrogens is 164 g/mol. The second-order valence-corrected chi connectivity index (χ2v) is 2.81. The molecule has 0 fully saturated rings. The molecule has 0 saturated carbocycles. The molecule has 68 valence electrons. The Bertz CT molecular complexity index is 306. The van der Waals surface area contributed by atoms with E-state index in [1.54, 1.807) is 0 Å². The first kappa shape index (κ1) is 9.45. The van der Waals surface area contributed by atoms with Crippen LogP contribution < -0.4 is 5.84 Å². The molecule has 1 atom stereocenters. The van der Waals surface area contributed by atoms with E-state index in [2.05, 4.69) is 5.10 Å². The molecule has 0 radical (unpaired) electrons. The van der Waals surface area contributed by atoms with Crippen LogP contribution in [0.3, 0.4) is 0 Å². The number of carbonyl (C=O) groups excluding carboxylic acids is 1. The van der Waals surface area contributed by atoms with Gasteiger partial charge in [0.15, 0.2) is 5.78 Å². The van der Waals surface area contributed by atoms with E-state index in [1.165, 1.54) is 0 Å². The molecule has 1 rings (SSSR count). The number of Topliss-reactive ketones (excluding diaryl/α,β-unsaturated/α-hetero) is 1. The number of rotatable bonds is 3. The summed E-state index contributed by atoms with van der Waals surface area (Å²) >= 11 is 0. The van der Waals surface area contributed by atoms with E-state index in [-0.39, 0.29) is 11.7 Å². The van der Waals surface area contributed by atoms with E-state index in [0.717, 1.165) is 11.8 Å². The van der Waals surface area contributed by atoms with Gasteiger partial charge in [-0.3, -0.25) is 4.79 Å². The molecule has 0 aliphatic heterocycles. The predicted molar refractivity (Wildman–Crippen MR) is 52.5 cm³/mol. The molecule has 1 aromatic rings. The number of hydrazone groups is 1. The van der Waals surface area contributed by atoms with Crippen molar-refractivity contribution in [2.45, 2.75) is 12.8 Å².